The molecule has 290 valence electrons. The fourth-order valence-electron chi connectivity index (χ4n) is 9.32. The molecular weight excluding hydrogens is 773 g/mol. The molecule has 12 rings (SSSR count). The number of rotatable bonds is 7. The number of para-hydroxylation sites is 2. The van der Waals surface area contributed by atoms with Crippen LogP contribution in [0.15, 0.2) is 218 Å². The summed E-state index contributed by atoms with van der Waals surface area (Å²) in [6, 6.07) is 76.6. The Morgan fingerprint density at radius 3 is 1.31 bits per heavy atom. The predicted octanol–water partition coefficient (Wildman–Crippen LogP) is 9.78. The normalized spacial score (nSPS) is 12.6. The summed E-state index contributed by atoms with van der Waals surface area (Å²) in [7, 11) is -3.23. The van der Waals surface area contributed by atoms with E-state index in [0.29, 0.717) is 17.6 Å². The predicted molar refractivity (Wildman–Crippen MR) is 254 cm³/mol. The molecule has 0 N–H and O–H groups in total. The first kappa shape index (κ1) is 35.8. The molecule has 7 aromatic carbocycles. The minimum atomic E-state index is -3.23. The Labute approximate surface area is 359 Å². The summed E-state index contributed by atoms with van der Waals surface area (Å²) in [5, 5.41) is 6.79. The highest BCUT2D eigenvalue weighted by molar-refractivity contribution is 7.21. The van der Waals surface area contributed by atoms with Gasteiger partial charge in [-0.25, -0.2) is 4.98 Å². The van der Waals surface area contributed by atoms with Crippen molar-refractivity contribution >= 4 is 50.9 Å². The average Bonchev–Trinajstić information content (AvgIpc) is 3.85. The minimum Gasteiger partial charge on any atom is -0.278 e. The van der Waals surface area contributed by atoms with E-state index in [2.05, 4.69) is 193 Å². The van der Waals surface area contributed by atoms with E-state index in [9.17, 15) is 0 Å². The summed E-state index contributed by atoms with van der Waals surface area (Å²) in [6.07, 6.45) is 0. The van der Waals surface area contributed by atoms with Crippen molar-refractivity contribution in [3.05, 3.63) is 218 Å². The van der Waals surface area contributed by atoms with Gasteiger partial charge >= 0.3 is 0 Å². The molecule has 1 aliphatic heterocycles. The Kier molecular flexibility index (Phi) is 8.40. The molecule has 5 heterocycles. The highest BCUT2D eigenvalue weighted by Crippen LogP contribution is 2.34. The van der Waals surface area contributed by atoms with Gasteiger partial charge in [-0.1, -0.05) is 194 Å². The molecule has 0 atom stereocenters. The lowest BCUT2D eigenvalue weighted by Crippen LogP contribution is -2.74. The Hall–Kier alpha value is -8.13. The number of nitrogens with zero attached hydrogens (tertiary/aromatic N) is 6. The molecule has 62 heavy (non-hydrogen) atoms. The van der Waals surface area contributed by atoms with Gasteiger partial charge in [0, 0.05) is 54.8 Å². The summed E-state index contributed by atoms with van der Waals surface area (Å²) in [6.45, 7) is 0. The summed E-state index contributed by atoms with van der Waals surface area (Å²) < 4.78 is 2.17. The van der Waals surface area contributed by atoms with Crippen molar-refractivity contribution in [3.63, 3.8) is 0 Å². The van der Waals surface area contributed by atoms with Crippen LogP contribution in [0.3, 0.4) is 0 Å². The van der Waals surface area contributed by atoms with Gasteiger partial charge < -0.3 is 0 Å². The molecule has 1 aliphatic rings. The highest BCUT2D eigenvalue weighted by Gasteiger charge is 2.52. The molecule has 7 heteroatoms. The maximum absolute atomic E-state index is 5.69. The van der Waals surface area contributed by atoms with Crippen LogP contribution in [0.25, 0.3) is 84.2 Å². The topological polar surface area (TPSA) is 69.4 Å². The van der Waals surface area contributed by atoms with Crippen LogP contribution in [0.4, 0.5) is 0 Å². The molecule has 4 aromatic heterocycles. The molecule has 6 nitrogen and oxygen atoms in total. The maximum atomic E-state index is 5.69. The lowest BCUT2D eigenvalue weighted by atomic mass is 10.1. The van der Waals surface area contributed by atoms with Crippen LogP contribution in [0.2, 0.25) is 0 Å². The van der Waals surface area contributed by atoms with Crippen LogP contribution in [0, 0.1) is 0 Å². The zero-order valence-electron chi connectivity index (χ0n) is 33.5. The molecule has 0 saturated carbocycles. The average molecular weight is 809 g/mol. The Morgan fingerprint density at radius 1 is 0.323 bits per heavy atom. The maximum Gasteiger partial charge on any atom is 0.238 e. The number of hydrogen-bond donors (Lipinski definition) is 0. The van der Waals surface area contributed by atoms with Crippen molar-refractivity contribution < 1.29 is 0 Å². The summed E-state index contributed by atoms with van der Waals surface area (Å²) in [5.41, 5.74) is 10.1. The molecule has 0 amide bonds. The largest absolute Gasteiger partial charge is 0.278 e. The van der Waals surface area contributed by atoms with Crippen molar-refractivity contribution in [1.82, 2.24) is 29.5 Å². The van der Waals surface area contributed by atoms with Gasteiger partial charge in [0.15, 0.2) is 11.6 Å². The van der Waals surface area contributed by atoms with Crippen LogP contribution < -0.4 is 21.0 Å². The SMILES string of the molecule is c1ccc(-c2ccc3c(n2)[Si](c2ccccc2)(c2cccc(-c4nc(-c5ccccc5)nc(-n5c6ccccc6c6ccccc65)n4)c2)c2nc(-c4ccccc4)ccc2-3)cc1. The molecule has 0 bridgehead atoms. The van der Waals surface area contributed by atoms with Gasteiger partial charge in [-0.05, 0) is 34.6 Å². The molecule has 0 fully saturated rings. The Morgan fingerprint density at radius 2 is 0.758 bits per heavy atom. The first-order valence-corrected chi connectivity index (χ1v) is 22.8. The van der Waals surface area contributed by atoms with Gasteiger partial charge in [-0.15, -0.1) is 0 Å². The Bertz CT molecular complexity index is 3320. The summed E-state index contributed by atoms with van der Waals surface area (Å²) in [5.74, 6) is 1.75. The van der Waals surface area contributed by atoms with Gasteiger partial charge in [0.05, 0.1) is 22.4 Å². The molecule has 11 aromatic rings. The highest BCUT2D eigenvalue weighted by atomic mass is 28.3. The van der Waals surface area contributed by atoms with Crippen LogP contribution in [0.5, 0.6) is 0 Å². The molecule has 0 spiro atoms. The van der Waals surface area contributed by atoms with Crippen molar-refractivity contribution in [3.8, 4) is 62.4 Å². The smallest absolute Gasteiger partial charge is 0.238 e. The Balaban J connectivity index is 1.13. The zero-order chi connectivity index (χ0) is 41.0. The fraction of sp³-hybridized carbons (Fsp3) is 0. The van der Waals surface area contributed by atoms with Gasteiger partial charge in [0.1, 0.15) is 0 Å². The van der Waals surface area contributed by atoms with Crippen molar-refractivity contribution in [2.75, 3.05) is 0 Å². The number of fused-ring (bicyclic) bond motifs is 6. The summed E-state index contributed by atoms with van der Waals surface area (Å²) >= 11 is 0. The third kappa shape index (κ3) is 5.67. The molecule has 0 aliphatic carbocycles. The minimum absolute atomic E-state index is 0.562. The number of pyridine rings is 2. The summed E-state index contributed by atoms with van der Waals surface area (Å²) in [4.78, 5) is 27.2. The third-order valence-corrected chi connectivity index (χ3v) is 16.7. The van der Waals surface area contributed by atoms with Crippen molar-refractivity contribution in [2.24, 2.45) is 0 Å². The first-order valence-electron chi connectivity index (χ1n) is 20.8. The lowest BCUT2D eigenvalue weighted by molar-refractivity contribution is 0.953. The van der Waals surface area contributed by atoms with E-state index in [1.54, 1.807) is 0 Å². The fourth-order valence-corrected chi connectivity index (χ4v) is 14.2. The monoisotopic (exact) mass is 808 g/mol. The van der Waals surface area contributed by atoms with E-state index in [-0.39, 0.29) is 0 Å². The second-order valence-electron chi connectivity index (χ2n) is 15.6. The van der Waals surface area contributed by atoms with Gasteiger partial charge in [-0.2, -0.15) is 9.97 Å². The third-order valence-electron chi connectivity index (χ3n) is 12.1. The quantitative estimate of drug-likeness (QED) is 0.150. The van der Waals surface area contributed by atoms with Crippen LogP contribution in [-0.4, -0.2) is 37.6 Å². The van der Waals surface area contributed by atoms with Gasteiger partial charge in [0.2, 0.25) is 14.0 Å². The standard InChI is InChI=1S/C55H36N6Si/c1-5-18-37(19-6-1)47-34-32-45-46-33-35-48(38-20-7-2-8-21-38)57-54(46)62(53(45)56-47,41-25-11-4-12-26-41)42-27-17-24-40(36-42)52-58-51(39-22-9-3-10-23-39)59-55(60-52)61-49-30-15-13-28-43(49)44-29-14-16-31-50(44)61/h1-36H. The van der Waals surface area contributed by atoms with Crippen LogP contribution >= 0.6 is 0 Å². The number of benzene rings is 7. The molecule has 0 radical (unpaired) electrons. The van der Waals surface area contributed by atoms with Crippen molar-refractivity contribution in [2.45, 2.75) is 0 Å². The first-order chi connectivity index (χ1) is 30.7. The van der Waals surface area contributed by atoms with E-state index < -0.39 is 8.07 Å². The number of hydrogen-bond acceptors (Lipinski definition) is 5. The van der Waals surface area contributed by atoms with E-state index in [4.69, 9.17) is 24.9 Å². The molecule has 0 unspecified atom stereocenters. The van der Waals surface area contributed by atoms with Crippen LogP contribution in [-0.2, 0) is 0 Å². The van der Waals surface area contributed by atoms with E-state index in [1.165, 1.54) is 5.19 Å². The second kappa shape index (κ2) is 14.5. The second-order valence-corrected chi connectivity index (χ2v) is 19.2. The molecular formula is C55H36N6Si. The van der Waals surface area contributed by atoms with Crippen LogP contribution in [0.1, 0.15) is 0 Å². The van der Waals surface area contributed by atoms with Gasteiger partial charge in [0.25, 0.3) is 0 Å². The zero-order valence-corrected chi connectivity index (χ0v) is 34.5. The lowest BCUT2D eigenvalue weighted by Gasteiger charge is -2.30. The number of aromatic nitrogens is 6. The van der Waals surface area contributed by atoms with E-state index >= 15 is 0 Å². The van der Waals surface area contributed by atoms with Gasteiger partial charge in [-0.3, -0.25) is 14.5 Å². The van der Waals surface area contributed by atoms with Crippen molar-refractivity contribution in [1.29, 1.82) is 0 Å². The molecule has 0 saturated heterocycles. The van der Waals surface area contributed by atoms with E-state index in [1.807, 2.05) is 30.3 Å². The van der Waals surface area contributed by atoms with E-state index in [0.717, 1.165) is 82.4 Å².